The summed E-state index contributed by atoms with van der Waals surface area (Å²) >= 11 is 0. The number of hydrogen-bond acceptors (Lipinski definition) is 4. The van der Waals surface area contributed by atoms with Gasteiger partial charge in [0.25, 0.3) is 0 Å². The maximum absolute atomic E-state index is 12.0. The monoisotopic (exact) mass is 248 g/mol. The van der Waals surface area contributed by atoms with Crippen molar-refractivity contribution in [2.45, 2.75) is 25.9 Å². The van der Waals surface area contributed by atoms with Crippen LogP contribution in [0.3, 0.4) is 0 Å². The first-order chi connectivity index (χ1) is 8.58. The van der Waals surface area contributed by atoms with Gasteiger partial charge >= 0.3 is 0 Å². The number of benzene rings is 1. The fourth-order valence-corrected chi connectivity index (χ4v) is 2.19. The van der Waals surface area contributed by atoms with Crippen molar-refractivity contribution in [1.29, 1.82) is 0 Å². The zero-order valence-electron chi connectivity index (χ0n) is 10.5. The average molecular weight is 248 g/mol. The van der Waals surface area contributed by atoms with Crippen molar-refractivity contribution < 1.29 is 19.4 Å². The second-order valence-electron chi connectivity index (χ2n) is 4.33. The molecule has 1 unspecified atom stereocenters. The summed E-state index contributed by atoms with van der Waals surface area (Å²) in [4.78, 5) is 12.0. The van der Waals surface area contributed by atoms with Crippen molar-refractivity contribution in [3.63, 3.8) is 0 Å². The van der Waals surface area contributed by atoms with Crippen LogP contribution in [0.1, 0.15) is 29.3 Å². The number of fused-ring (bicyclic) bond motifs is 1. The van der Waals surface area contributed by atoms with Crippen molar-refractivity contribution in [3.8, 4) is 17.2 Å². The number of carbonyl (C=O) groups excluding carboxylic acids is 1. The molecular weight excluding hydrogens is 232 g/mol. The van der Waals surface area contributed by atoms with Crippen LogP contribution in [-0.2, 0) is 6.42 Å². The summed E-state index contributed by atoms with van der Waals surface area (Å²) in [5.74, 6) is 0.740. The number of allylic oxidation sites excluding steroid dienone is 1. The summed E-state index contributed by atoms with van der Waals surface area (Å²) in [6, 6.07) is 1.45. The number of carbonyl (C=O) groups is 1. The van der Waals surface area contributed by atoms with E-state index in [0.717, 1.165) is 5.56 Å². The minimum atomic E-state index is -0.194. The molecule has 0 saturated heterocycles. The van der Waals surface area contributed by atoms with Crippen LogP contribution in [0.4, 0.5) is 0 Å². The molecule has 4 nitrogen and oxygen atoms in total. The predicted octanol–water partition coefficient (Wildman–Crippen LogP) is 2.48. The van der Waals surface area contributed by atoms with Crippen molar-refractivity contribution in [1.82, 2.24) is 0 Å². The Labute approximate surface area is 106 Å². The van der Waals surface area contributed by atoms with E-state index in [-0.39, 0.29) is 29.6 Å². The molecule has 0 aromatic heterocycles. The van der Waals surface area contributed by atoms with Gasteiger partial charge < -0.3 is 14.6 Å². The van der Waals surface area contributed by atoms with Crippen LogP contribution >= 0.6 is 0 Å². The number of phenols is 1. The molecule has 4 heteroatoms. The van der Waals surface area contributed by atoms with Gasteiger partial charge in [-0.1, -0.05) is 6.08 Å². The van der Waals surface area contributed by atoms with Gasteiger partial charge in [-0.25, -0.2) is 0 Å². The van der Waals surface area contributed by atoms with Crippen molar-refractivity contribution in [3.05, 3.63) is 29.8 Å². The summed E-state index contributed by atoms with van der Waals surface area (Å²) in [5.41, 5.74) is 1.01. The standard InChI is InChI=1S/C14H16O4/c1-4-5-9-12(17-3)7-11(16)13-10(15)6-8(2)18-14(9)13/h4,7-8,16H,1,5-6H2,2-3H3. The van der Waals surface area contributed by atoms with Crippen LogP contribution in [0.25, 0.3) is 0 Å². The summed E-state index contributed by atoms with van der Waals surface area (Å²) in [6.45, 7) is 5.51. The van der Waals surface area contributed by atoms with E-state index in [1.807, 2.05) is 6.92 Å². The molecule has 18 heavy (non-hydrogen) atoms. The SMILES string of the molecule is C=CCc1c(OC)cc(O)c2c1OC(C)CC2=O. The quantitative estimate of drug-likeness (QED) is 0.835. The molecule has 0 bridgehead atoms. The Kier molecular flexibility index (Phi) is 3.28. The highest BCUT2D eigenvalue weighted by molar-refractivity contribution is 6.03. The lowest BCUT2D eigenvalue weighted by Crippen LogP contribution is -2.25. The topological polar surface area (TPSA) is 55.8 Å². The highest BCUT2D eigenvalue weighted by atomic mass is 16.5. The van der Waals surface area contributed by atoms with E-state index in [9.17, 15) is 9.90 Å². The van der Waals surface area contributed by atoms with E-state index >= 15 is 0 Å². The molecule has 0 aliphatic carbocycles. The number of methoxy groups -OCH3 is 1. The van der Waals surface area contributed by atoms with Gasteiger partial charge in [0.15, 0.2) is 5.78 Å². The molecule has 1 aromatic rings. The number of rotatable bonds is 3. The largest absolute Gasteiger partial charge is 0.507 e. The molecule has 96 valence electrons. The normalized spacial score (nSPS) is 17.9. The van der Waals surface area contributed by atoms with Crippen LogP contribution in [0.2, 0.25) is 0 Å². The molecule has 1 atom stereocenters. The fourth-order valence-electron chi connectivity index (χ4n) is 2.19. The van der Waals surface area contributed by atoms with Crippen LogP contribution in [0.15, 0.2) is 18.7 Å². The van der Waals surface area contributed by atoms with Gasteiger partial charge in [0.05, 0.1) is 7.11 Å². The van der Waals surface area contributed by atoms with Gasteiger partial charge in [0.2, 0.25) is 0 Å². The number of ketones is 1. The van der Waals surface area contributed by atoms with E-state index in [4.69, 9.17) is 9.47 Å². The average Bonchev–Trinajstić information content (AvgIpc) is 2.31. The highest BCUT2D eigenvalue weighted by Crippen LogP contribution is 2.42. The van der Waals surface area contributed by atoms with E-state index < -0.39 is 0 Å². The van der Waals surface area contributed by atoms with Gasteiger partial charge in [0, 0.05) is 18.1 Å². The van der Waals surface area contributed by atoms with Crippen LogP contribution in [0, 0.1) is 0 Å². The molecular formula is C14H16O4. The maximum Gasteiger partial charge on any atom is 0.174 e. The third-order valence-electron chi connectivity index (χ3n) is 2.96. The zero-order chi connectivity index (χ0) is 13.3. The first-order valence-corrected chi connectivity index (χ1v) is 5.82. The summed E-state index contributed by atoms with van der Waals surface area (Å²) < 4.78 is 10.9. The maximum atomic E-state index is 12.0. The molecule has 1 heterocycles. The summed E-state index contributed by atoms with van der Waals surface area (Å²) in [7, 11) is 1.52. The zero-order valence-corrected chi connectivity index (χ0v) is 10.5. The molecule has 0 amide bonds. The van der Waals surface area contributed by atoms with Crippen LogP contribution in [-0.4, -0.2) is 24.1 Å². The van der Waals surface area contributed by atoms with Gasteiger partial charge in [-0.2, -0.15) is 0 Å². The number of phenolic OH excluding ortho intramolecular Hbond substituents is 1. The van der Waals surface area contributed by atoms with Crippen molar-refractivity contribution >= 4 is 5.78 Å². The first kappa shape index (κ1) is 12.5. The third-order valence-corrected chi connectivity index (χ3v) is 2.96. The second-order valence-corrected chi connectivity index (χ2v) is 4.33. The Morgan fingerprint density at radius 1 is 1.67 bits per heavy atom. The van der Waals surface area contributed by atoms with E-state index in [2.05, 4.69) is 6.58 Å². The predicted molar refractivity (Wildman–Crippen MR) is 67.6 cm³/mol. The fraction of sp³-hybridized carbons (Fsp3) is 0.357. The number of ether oxygens (including phenoxy) is 2. The lowest BCUT2D eigenvalue weighted by molar-refractivity contribution is 0.0864. The molecule has 1 aliphatic heterocycles. The lowest BCUT2D eigenvalue weighted by atomic mass is 9.95. The smallest absolute Gasteiger partial charge is 0.174 e. The van der Waals surface area contributed by atoms with Crippen molar-refractivity contribution in [2.24, 2.45) is 0 Å². The van der Waals surface area contributed by atoms with Crippen molar-refractivity contribution in [2.75, 3.05) is 7.11 Å². The third kappa shape index (κ3) is 1.94. The molecule has 1 N–H and O–H groups in total. The minimum absolute atomic E-state index is 0.0911. The minimum Gasteiger partial charge on any atom is -0.507 e. The molecule has 0 spiro atoms. The van der Waals surface area contributed by atoms with Gasteiger partial charge in [-0.3, -0.25) is 4.79 Å². The van der Waals surface area contributed by atoms with Gasteiger partial charge in [-0.15, -0.1) is 6.58 Å². The molecule has 1 aliphatic rings. The molecule has 1 aromatic carbocycles. The molecule has 2 rings (SSSR count). The molecule has 0 radical (unpaired) electrons. The van der Waals surface area contributed by atoms with Crippen LogP contribution in [0.5, 0.6) is 17.2 Å². The second kappa shape index (κ2) is 4.72. The molecule has 0 saturated carbocycles. The number of hydrogen-bond donors (Lipinski definition) is 1. The Bertz CT molecular complexity index is 505. The van der Waals surface area contributed by atoms with E-state index in [1.165, 1.54) is 13.2 Å². The number of Topliss-reactive ketones (excluding diaryl/α,β-unsaturated/α-hetero) is 1. The van der Waals surface area contributed by atoms with E-state index in [1.54, 1.807) is 6.08 Å². The Balaban J connectivity index is 2.67. The Morgan fingerprint density at radius 2 is 2.39 bits per heavy atom. The van der Waals surface area contributed by atoms with Crippen LogP contribution < -0.4 is 9.47 Å². The van der Waals surface area contributed by atoms with E-state index in [0.29, 0.717) is 17.9 Å². The van der Waals surface area contributed by atoms with Gasteiger partial charge in [-0.05, 0) is 13.3 Å². The highest BCUT2D eigenvalue weighted by Gasteiger charge is 2.30. The Hall–Kier alpha value is -1.97. The lowest BCUT2D eigenvalue weighted by Gasteiger charge is -2.26. The first-order valence-electron chi connectivity index (χ1n) is 5.82. The Morgan fingerprint density at radius 3 is 3.00 bits per heavy atom. The summed E-state index contributed by atoms with van der Waals surface area (Å²) in [6.07, 6.45) is 2.31. The number of aromatic hydroxyl groups is 1. The summed E-state index contributed by atoms with van der Waals surface area (Å²) in [5, 5.41) is 9.91. The van der Waals surface area contributed by atoms with Gasteiger partial charge in [0.1, 0.15) is 28.9 Å². The molecule has 0 fully saturated rings.